The molecule has 0 saturated carbocycles. The number of hydrogen-bond acceptors (Lipinski definition) is 6. The highest BCUT2D eigenvalue weighted by Crippen LogP contribution is 2.05. The summed E-state index contributed by atoms with van der Waals surface area (Å²) in [5, 5.41) is 0. The highest BCUT2D eigenvalue weighted by atomic mass is 16.6. The lowest BCUT2D eigenvalue weighted by atomic mass is 10.1. The molecule has 0 saturated heterocycles. The third-order valence-electron chi connectivity index (χ3n) is 4.69. The highest BCUT2D eigenvalue weighted by Gasteiger charge is 2.02. The van der Waals surface area contributed by atoms with Crippen LogP contribution >= 0.6 is 0 Å². The molecule has 0 fully saturated rings. The van der Waals surface area contributed by atoms with Gasteiger partial charge in [0.2, 0.25) is 0 Å². The molecule has 0 radical (unpaired) electrons. The number of carbonyl (C=O) groups excluding carboxylic acids is 1. The van der Waals surface area contributed by atoms with Gasteiger partial charge in [-0.05, 0) is 19.3 Å². The Hall–Kier alpha value is -0.690. The van der Waals surface area contributed by atoms with E-state index in [0.717, 1.165) is 25.9 Å². The zero-order valence-corrected chi connectivity index (χ0v) is 19.8. The smallest absolute Gasteiger partial charge is 0.305 e. The summed E-state index contributed by atoms with van der Waals surface area (Å²) in [6.45, 7) is 9.83. The summed E-state index contributed by atoms with van der Waals surface area (Å²) in [6.07, 6.45) is 13.2. The van der Waals surface area contributed by atoms with Crippen molar-refractivity contribution in [3.63, 3.8) is 0 Å². The minimum absolute atomic E-state index is 0.120. The summed E-state index contributed by atoms with van der Waals surface area (Å²) >= 11 is 0. The average Bonchev–Trinajstić information content (AvgIpc) is 2.75. The highest BCUT2D eigenvalue weighted by molar-refractivity contribution is 5.69. The molecule has 30 heavy (non-hydrogen) atoms. The second kappa shape index (κ2) is 26.3. The van der Waals surface area contributed by atoms with Crippen molar-refractivity contribution in [3.8, 4) is 0 Å². The van der Waals surface area contributed by atoms with E-state index in [0.29, 0.717) is 65.7 Å². The van der Waals surface area contributed by atoms with Crippen molar-refractivity contribution in [1.29, 1.82) is 0 Å². The van der Waals surface area contributed by atoms with E-state index in [-0.39, 0.29) is 5.97 Å². The molecule has 0 heterocycles. The van der Waals surface area contributed by atoms with Crippen LogP contribution in [0.4, 0.5) is 0 Å². The van der Waals surface area contributed by atoms with Crippen LogP contribution in [0, 0.1) is 0 Å². The molecule has 0 aromatic carbocycles. The fourth-order valence-corrected chi connectivity index (χ4v) is 2.85. The van der Waals surface area contributed by atoms with Crippen molar-refractivity contribution in [2.45, 2.75) is 90.9 Å². The monoisotopic (exact) mass is 432 g/mol. The third kappa shape index (κ3) is 25.3. The second-order valence-corrected chi connectivity index (χ2v) is 7.60. The van der Waals surface area contributed by atoms with Gasteiger partial charge in [0, 0.05) is 19.6 Å². The van der Waals surface area contributed by atoms with E-state index in [1.807, 2.05) is 0 Å². The molecule has 0 unspecified atom stereocenters. The van der Waals surface area contributed by atoms with Crippen LogP contribution < -0.4 is 0 Å². The first-order valence-electron chi connectivity index (χ1n) is 12.3. The normalized spacial score (nSPS) is 11.1. The summed E-state index contributed by atoms with van der Waals surface area (Å²) < 4.78 is 27.1. The first-order chi connectivity index (χ1) is 14.8. The first-order valence-corrected chi connectivity index (χ1v) is 12.3. The van der Waals surface area contributed by atoms with E-state index in [9.17, 15) is 4.79 Å². The zero-order chi connectivity index (χ0) is 22.0. The maximum atomic E-state index is 11.6. The Labute approximate surface area is 185 Å². The van der Waals surface area contributed by atoms with Gasteiger partial charge < -0.3 is 23.7 Å². The van der Waals surface area contributed by atoms with E-state index in [1.165, 1.54) is 44.9 Å². The van der Waals surface area contributed by atoms with Gasteiger partial charge in [0.15, 0.2) is 0 Å². The lowest BCUT2D eigenvalue weighted by molar-refractivity contribution is -0.144. The molecule has 0 aliphatic rings. The first kappa shape index (κ1) is 29.3. The van der Waals surface area contributed by atoms with Crippen LogP contribution in [0.3, 0.4) is 0 Å². The average molecular weight is 433 g/mol. The molecule has 0 aliphatic heterocycles. The fourth-order valence-electron chi connectivity index (χ4n) is 2.85. The van der Waals surface area contributed by atoms with Gasteiger partial charge in [-0.25, -0.2) is 0 Å². The minimum Gasteiger partial charge on any atom is -0.466 e. The summed E-state index contributed by atoms with van der Waals surface area (Å²) in [6, 6.07) is 0. The summed E-state index contributed by atoms with van der Waals surface area (Å²) in [5.74, 6) is -0.120. The molecule has 6 nitrogen and oxygen atoms in total. The number of esters is 1. The van der Waals surface area contributed by atoms with Gasteiger partial charge in [0.05, 0.1) is 46.2 Å². The van der Waals surface area contributed by atoms with Crippen molar-refractivity contribution in [3.05, 3.63) is 0 Å². The Kier molecular flexibility index (Phi) is 25.7. The molecule has 0 atom stereocenters. The van der Waals surface area contributed by atoms with Gasteiger partial charge >= 0.3 is 5.97 Å². The second-order valence-electron chi connectivity index (χ2n) is 7.60. The molecule has 180 valence electrons. The predicted octanol–water partition coefficient (Wildman–Crippen LogP) is 5.32. The van der Waals surface area contributed by atoms with Crippen molar-refractivity contribution in [1.82, 2.24) is 0 Å². The zero-order valence-electron chi connectivity index (χ0n) is 19.8. The van der Waals surface area contributed by atoms with Gasteiger partial charge in [0.1, 0.15) is 0 Å². The Morgan fingerprint density at radius 3 is 1.43 bits per heavy atom. The van der Waals surface area contributed by atoms with Crippen LogP contribution in [0.1, 0.15) is 90.9 Å². The fraction of sp³-hybridized carbons (Fsp3) is 0.958. The number of unbranched alkanes of at least 4 members (excludes halogenated alkanes) is 8. The standard InChI is InChI=1S/C24H48O6/c1-3-5-7-9-10-12-17-30-24(25)14-13-16-27-19-21-29-23-22-28-20-18-26-15-11-8-6-4-2/h3-23H2,1-2H3. The van der Waals surface area contributed by atoms with Gasteiger partial charge in [-0.15, -0.1) is 0 Å². The van der Waals surface area contributed by atoms with Crippen LogP contribution in [-0.2, 0) is 28.5 Å². The van der Waals surface area contributed by atoms with Gasteiger partial charge in [-0.2, -0.15) is 0 Å². The number of hydrogen-bond donors (Lipinski definition) is 0. The topological polar surface area (TPSA) is 63.2 Å². The SMILES string of the molecule is CCCCCCCCOC(=O)CCCOCCOCCOCCOCCCCCC. The molecular weight excluding hydrogens is 384 g/mol. The number of ether oxygens (including phenoxy) is 5. The molecule has 0 aromatic rings. The quantitative estimate of drug-likeness (QED) is 0.144. The Balaban J connectivity index is 3.11. The summed E-state index contributed by atoms with van der Waals surface area (Å²) in [4.78, 5) is 11.6. The van der Waals surface area contributed by atoms with Crippen molar-refractivity contribution < 1.29 is 28.5 Å². The minimum atomic E-state index is -0.120. The number of carbonyl (C=O) groups is 1. The van der Waals surface area contributed by atoms with Gasteiger partial charge in [-0.3, -0.25) is 4.79 Å². The maximum Gasteiger partial charge on any atom is 0.305 e. The van der Waals surface area contributed by atoms with Crippen LogP contribution in [0.5, 0.6) is 0 Å². The molecule has 0 aromatic heterocycles. The van der Waals surface area contributed by atoms with Crippen LogP contribution in [0.2, 0.25) is 0 Å². The lowest BCUT2D eigenvalue weighted by Gasteiger charge is -2.08. The molecule has 0 N–H and O–H groups in total. The van der Waals surface area contributed by atoms with Crippen LogP contribution in [0.25, 0.3) is 0 Å². The van der Waals surface area contributed by atoms with Crippen molar-refractivity contribution in [2.24, 2.45) is 0 Å². The Bertz CT molecular complexity index is 338. The molecule has 0 aliphatic carbocycles. The van der Waals surface area contributed by atoms with Crippen molar-refractivity contribution in [2.75, 3.05) is 59.5 Å². The Morgan fingerprint density at radius 2 is 0.867 bits per heavy atom. The van der Waals surface area contributed by atoms with E-state index in [2.05, 4.69) is 13.8 Å². The summed E-state index contributed by atoms with van der Waals surface area (Å²) in [5.41, 5.74) is 0. The molecular formula is C24H48O6. The molecule has 0 bridgehead atoms. The van der Waals surface area contributed by atoms with Crippen LogP contribution in [-0.4, -0.2) is 65.4 Å². The largest absolute Gasteiger partial charge is 0.466 e. The van der Waals surface area contributed by atoms with Gasteiger partial charge in [0.25, 0.3) is 0 Å². The van der Waals surface area contributed by atoms with Crippen molar-refractivity contribution >= 4 is 5.97 Å². The lowest BCUT2D eigenvalue weighted by Crippen LogP contribution is -2.12. The van der Waals surface area contributed by atoms with E-state index in [1.54, 1.807) is 0 Å². The van der Waals surface area contributed by atoms with E-state index >= 15 is 0 Å². The van der Waals surface area contributed by atoms with Gasteiger partial charge in [-0.1, -0.05) is 65.2 Å². The van der Waals surface area contributed by atoms with E-state index in [4.69, 9.17) is 23.7 Å². The summed E-state index contributed by atoms with van der Waals surface area (Å²) in [7, 11) is 0. The maximum absolute atomic E-state index is 11.6. The predicted molar refractivity (Wildman–Crippen MR) is 121 cm³/mol. The third-order valence-corrected chi connectivity index (χ3v) is 4.69. The number of rotatable bonds is 25. The van der Waals surface area contributed by atoms with E-state index < -0.39 is 0 Å². The van der Waals surface area contributed by atoms with Crippen LogP contribution in [0.15, 0.2) is 0 Å². The molecule has 6 heteroatoms. The molecule has 0 spiro atoms. The molecule has 0 amide bonds. The Morgan fingerprint density at radius 1 is 0.467 bits per heavy atom. The molecule has 0 rings (SSSR count).